The highest BCUT2D eigenvalue weighted by molar-refractivity contribution is 7.09. The van der Waals surface area contributed by atoms with E-state index >= 15 is 0 Å². The second kappa shape index (κ2) is 4.70. The Bertz CT molecular complexity index is 619. The Hall–Kier alpha value is -1.40. The van der Waals surface area contributed by atoms with Crippen LogP contribution in [-0.4, -0.2) is 20.6 Å². The van der Waals surface area contributed by atoms with Crippen LogP contribution in [-0.2, 0) is 13.1 Å². The molecule has 2 aromatic rings. The summed E-state index contributed by atoms with van der Waals surface area (Å²) in [6.45, 7) is 3.54. The Morgan fingerprint density at radius 1 is 1.67 bits per heavy atom. The number of aromatic nitrogens is 3. The van der Waals surface area contributed by atoms with Gasteiger partial charge in [-0.2, -0.15) is 0 Å². The van der Waals surface area contributed by atoms with Crippen LogP contribution in [0.15, 0.2) is 22.6 Å². The number of hydrogen-bond acceptors (Lipinski definition) is 5. The number of halogens is 1. The second-order valence-electron chi connectivity index (χ2n) is 4.16. The largest absolute Gasteiger partial charge is 0.351 e. The number of nitrogens with one attached hydrogen (secondary N) is 1. The molecule has 0 saturated carbocycles. The Morgan fingerprint density at radius 2 is 2.56 bits per heavy atom. The van der Waals surface area contributed by atoms with Crippen molar-refractivity contribution in [2.75, 3.05) is 5.32 Å². The average molecular weight is 282 g/mol. The molecule has 0 aromatic carbocycles. The van der Waals surface area contributed by atoms with E-state index in [0.29, 0.717) is 17.7 Å². The van der Waals surface area contributed by atoms with Gasteiger partial charge in [0, 0.05) is 30.2 Å². The van der Waals surface area contributed by atoms with E-state index in [0.717, 1.165) is 23.0 Å². The highest BCUT2D eigenvalue weighted by Crippen LogP contribution is 2.15. The third-order valence-electron chi connectivity index (χ3n) is 2.68. The van der Waals surface area contributed by atoms with Gasteiger partial charge in [-0.1, -0.05) is 11.6 Å². The Balaban J connectivity index is 1.99. The molecule has 0 aliphatic carbocycles. The first-order valence-corrected chi connectivity index (χ1v) is 6.91. The maximum Gasteiger partial charge on any atom is 0.206 e. The van der Waals surface area contributed by atoms with Crippen LogP contribution < -0.4 is 10.8 Å². The first-order chi connectivity index (χ1) is 8.72. The molecule has 1 aliphatic heterocycles. The highest BCUT2D eigenvalue weighted by atomic mass is 35.5. The van der Waals surface area contributed by atoms with Crippen molar-refractivity contribution in [2.24, 2.45) is 4.99 Å². The lowest BCUT2D eigenvalue weighted by molar-refractivity contribution is 0.656. The molecule has 1 aliphatic rings. The first-order valence-electron chi connectivity index (χ1n) is 5.65. The molecule has 7 heteroatoms. The quantitative estimate of drug-likeness (QED) is 0.856. The summed E-state index contributed by atoms with van der Waals surface area (Å²) in [7, 11) is 0. The lowest BCUT2D eigenvalue weighted by Crippen LogP contribution is -2.21. The van der Waals surface area contributed by atoms with Crippen molar-refractivity contribution < 1.29 is 0 Å². The lowest BCUT2D eigenvalue weighted by atomic mass is 10.4. The highest BCUT2D eigenvalue weighted by Gasteiger charge is 2.18. The zero-order valence-corrected chi connectivity index (χ0v) is 11.4. The molecule has 0 spiro atoms. The van der Waals surface area contributed by atoms with E-state index in [2.05, 4.69) is 27.2 Å². The van der Waals surface area contributed by atoms with Gasteiger partial charge < -0.3 is 5.32 Å². The van der Waals surface area contributed by atoms with E-state index in [9.17, 15) is 0 Å². The molecule has 1 atom stereocenters. The summed E-state index contributed by atoms with van der Waals surface area (Å²) in [4.78, 5) is 13.0. The standard InChI is InChI=1S/C11H12ClN5S/c1-7-6-17-9(4-8(12)16-11(17)15-7)14-5-10-13-2-3-18-10/h2-4,7H,5-6H2,1H3,(H,15,16). The van der Waals surface area contributed by atoms with Crippen molar-refractivity contribution in [3.05, 3.63) is 33.3 Å². The number of rotatable bonds is 2. The van der Waals surface area contributed by atoms with Gasteiger partial charge in [0.1, 0.15) is 15.6 Å². The van der Waals surface area contributed by atoms with Crippen LogP contribution in [0.25, 0.3) is 0 Å². The Labute approximate surface area is 113 Å². The van der Waals surface area contributed by atoms with Gasteiger partial charge >= 0.3 is 0 Å². The third kappa shape index (κ3) is 2.26. The first kappa shape index (κ1) is 11.7. The van der Waals surface area contributed by atoms with E-state index < -0.39 is 0 Å². The summed E-state index contributed by atoms with van der Waals surface area (Å²) in [6, 6.07) is 2.14. The van der Waals surface area contributed by atoms with Gasteiger partial charge in [-0.25, -0.2) is 9.97 Å². The SMILES string of the molecule is CC1Cn2c(nc(Cl)cc2=NCc2nccs2)N1. The second-order valence-corrected chi connectivity index (χ2v) is 5.53. The Morgan fingerprint density at radius 3 is 3.33 bits per heavy atom. The zero-order valence-electron chi connectivity index (χ0n) is 9.80. The maximum absolute atomic E-state index is 6.00. The molecule has 0 fully saturated rings. The predicted molar refractivity (Wildman–Crippen MR) is 71.7 cm³/mol. The minimum Gasteiger partial charge on any atom is -0.351 e. The van der Waals surface area contributed by atoms with Crippen molar-refractivity contribution in [3.8, 4) is 0 Å². The van der Waals surface area contributed by atoms with Crippen molar-refractivity contribution in [1.82, 2.24) is 14.5 Å². The van der Waals surface area contributed by atoms with Gasteiger partial charge in [-0.3, -0.25) is 9.56 Å². The minimum atomic E-state index is 0.352. The van der Waals surface area contributed by atoms with E-state index in [1.807, 2.05) is 9.95 Å². The van der Waals surface area contributed by atoms with Crippen LogP contribution in [0.5, 0.6) is 0 Å². The van der Waals surface area contributed by atoms with Crippen LogP contribution in [0.1, 0.15) is 11.9 Å². The molecule has 1 unspecified atom stereocenters. The topological polar surface area (TPSA) is 55.1 Å². The number of fused-ring (bicyclic) bond motifs is 1. The van der Waals surface area contributed by atoms with Gasteiger partial charge in [0.15, 0.2) is 0 Å². The van der Waals surface area contributed by atoms with Gasteiger partial charge in [0.2, 0.25) is 5.95 Å². The number of hydrogen-bond donors (Lipinski definition) is 1. The van der Waals surface area contributed by atoms with Gasteiger partial charge in [0.25, 0.3) is 0 Å². The summed E-state index contributed by atoms with van der Waals surface area (Å²) >= 11 is 7.60. The molecule has 5 nitrogen and oxygen atoms in total. The fourth-order valence-electron chi connectivity index (χ4n) is 1.93. The fraction of sp³-hybridized carbons (Fsp3) is 0.364. The molecule has 18 heavy (non-hydrogen) atoms. The monoisotopic (exact) mass is 281 g/mol. The van der Waals surface area contributed by atoms with Gasteiger partial charge in [-0.15, -0.1) is 11.3 Å². The molecule has 0 saturated heterocycles. The molecule has 2 aromatic heterocycles. The summed E-state index contributed by atoms with van der Waals surface area (Å²) in [5.74, 6) is 0.785. The lowest BCUT2D eigenvalue weighted by Gasteiger charge is -2.03. The molecule has 3 rings (SSSR count). The Kier molecular flexibility index (Phi) is 3.05. The van der Waals surface area contributed by atoms with Crippen LogP contribution in [0.4, 0.5) is 5.95 Å². The normalized spacial score (nSPS) is 18.8. The zero-order chi connectivity index (χ0) is 12.5. The van der Waals surface area contributed by atoms with Crippen LogP contribution in [0.2, 0.25) is 5.15 Å². The molecule has 1 N–H and O–H groups in total. The predicted octanol–water partition coefficient (Wildman–Crippen LogP) is 1.91. The third-order valence-corrected chi connectivity index (χ3v) is 3.64. The maximum atomic E-state index is 6.00. The molecule has 3 heterocycles. The summed E-state index contributed by atoms with van der Waals surface area (Å²) in [6.07, 6.45) is 1.79. The van der Waals surface area contributed by atoms with E-state index in [4.69, 9.17) is 11.6 Å². The molecule has 0 bridgehead atoms. The number of thiazole rings is 1. The van der Waals surface area contributed by atoms with Gasteiger partial charge in [0.05, 0.1) is 6.54 Å². The average Bonchev–Trinajstić information content (AvgIpc) is 2.93. The molecule has 94 valence electrons. The minimum absolute atomic E-state index is 0.352. The van der Waals surface area contributed by atoms with Crippen molar-refractivity contribution in [2.45, 2.75) is 26.1 Å². The van der Waals surface area contributed by atoms with Crippen molar-refractivity contribution in [1.29, 1.82) is 0 Å². The summed E-state index contributed by atoms with van der Waals surface area (Å²) in [5, 5.41) is 6.67. The van der Waals surface area contributed by atoms with Crippen molar-refractivity contribution >= 4 is 28.9 Å². The summed E-state index contributed by atoms with van der Waals surface area (Å²) < 4.78 is 2.05. The number of nitrogens with zero attached hydrogens (tertiary/aromatic N) is 4. The molecular weight excluding hydrogens is 270 g/mol. The van der Waals surface area contributed by atoms with E-state index in [-0.39, 0.29) is 0 Å². The van der Waals surface area contributed by atoms with Crippen LogP contribution >= 0.6 is 22.9 Å². The fourth-order valence-corrected chi connectivity index (χ4v) is 2.64. The van der Waals surface area contributed by atoms with Crippen molar-refractivity contribution in [3.63, 3.8) is 0 Å². The molecule has 0 amide bonds. The smallest absolute Gasteiger partial charge is 0.206 e. The van der Waals surface area contributed by atoms with Crippen LogP contribution in [0, 0.1) is 0 Å². The van der Waals surface area contributed by atoms with Gasteiger partial charge in [-0.05, 0) is 6.92 Å². The molecular formula is C11H12ClN5S. The van der Waals surface area contributed by atoms with E-state index in [1.54, 1.807) is 23.6 Å². The van der Waals surface area contributed by atoms with E-state index in [1.165, 1.54) is 0 Å². The molecule has 0 radical (unpaired) electrons. The summed E-state index contributed by atoms with van der Waals surface area (Å²) in [5.41, 5.74) is 0.844. The number of anilines is 1. The van der Waals surface area contributed by atoms with Crippen LogP contribution in [0.3, 0.4) is 0 Å².